The Bertz CT molecular complexity index is 971. The van der Waals surface area contributed by atoms with Crippen LogP contribution in [-0.4, -0.2) is 12.4 Å². The summed E-state index contributed by atoms with van der Waals surface area (Å²) in [5.74, 6) is -0.255. The van der Waals surface area contributed by atoms with E-state index in [1.54, 1.807) is 18.5 Å². The third kappa shape index (κ3) is 5.95. The number of unbranched alkanes of at least 4 members (excludes halogenated alkanes) is 1. The van der Waals surface area contributed by atoms with Crippen molar-refractivity contribution in [3.8, 4) is 11.1 Å². The molecule has 0 N–H and O–H groups in total. The fraction of sp³-hybridized carbons (Fsp3) is 0.231. The summed E-state index contributed by atoms with van der Waals surface area (Å²) < 4.78 is 14.6. The van der Waals surface area contributed by atoms with Gasteiger partial charge < -0.3 is 0 Å². The van der Waals surface area contributed by atoms with E-state index in [0.29, 0.717) is 11.1 Å². The van der Waals surface area contributed by atoms with Crippen molar-refractivity contribution >= 4 is 12.4 Å². The second-order valence-electron chi connectivity index (χ2n) is 7.12. The summed E-state index contributed by atoms with van der Waals surface area (Å²) in [5.41, 5.74) is 5.75. The number of nitrogens with zero attached hydrogens (tertiary/aromatic N) is 2. The van der Waals surface area contributed by atoms with Gasteiger partial charge in [-0.2, -0.15) is 10.2 Å². The van der Waals surface area contributed by atoms with E-state index in [1.165, 1.54) is 30.0 Å². The van der Waals surface area contributed by atoms with Crippen LogP contribution in [0.2, 0.25) is 0 Å². The van der Waals surface area contributed by atoms with Crippen LogP contribution in [0.15, 0.2) is 76.9 Å². The van der Waals surface area contributed by atoms with Crippen molar-refractivity contribution in [2.24, 2.45) is 10.2 Å². The van der Waals surface area contributed by atoms with Crippen LogP contribution in [0.1, 0.15) is 48.9 Å². The zero-order valence-corrected chi connectivity index (χ0v) is 17.1. The Kier molecular flexibility index (Phi) is 7.46. The summed E-state index contributed by atoms with van der Waals surface area (Å²) in [5, 5.41) is 8.10. The number of halogens is 1. The maximum absolute atomic E-state index is 14.6. The summed E-state index contributed by atoms with van der Waals surface area (Å²) in [6, 6.07) is 21.5. The van der Waals surface area contributed by atoms with Crippen molar-refractivity contribution in [1.29, 1.82) is 0 Å². The molecule has 0 saturated heterocycles. The Labute approximate surface area is 172 Å². The molecule has 3 heteroatoms. The van der Waals surface area contributed by atoms with Crippen LogP contribution in [-0.2, 0) is 12.8 Å². The van der Waals surface area contributed by atoms with Gasteiger partial charge in [0.15, 0.2) is 0 Å². The molecule has 0 saturated carbocycles. The Morgan fingerprint density at radius 3 is 2.00 bits per heavy atom. The molecule has 0 aromatic heterocycles. The van der Waals surface area contributed by atoms with Crippen LogP contribution >= 0.6 is 0 Å². The normalized spacial score (nSPS) is 11.6. The molecule has 3 aromatic carbocycles. The Balaban J connectivity index is 1.65. The van der Waals surface area contributed by atoms with E-state index >= 15 is 0 Å². The first-order chi connectivity index (χ1) is 14.2. The number of hydrogen-bond acceptors (Lipinski definition) is 2. The zero-order valence-electron chi connectivity index (χ0n) is 17.1. The molecule has 0 radical (unpaired) electrons. The zero-order chi connectivity index (χ0) is 20.5. The fourth-order valence-electron chi connectivity index (χ4n) is 3.12. The van der Waals surface area contributed by atoms with Gasteiger partial charge in [0.05, 0.1) is 12.4 Å². The molecular formula is C26H27FN2. The van der Waals surface area contributed by atoms with Gasteiger partial charge in [0.2, 0.25) is 0 Å². The van der Waals surface area contributed by atoms with Crippen molar-refractivity contribution < 1.29 is 4.39 Å². The molecule has 0 amide bonds. The van der Waals surface area contributed by atoms with Crippen LogP contribution in [0.25, 0.3) is 11.1 Å². The minimum Gasteiger partial charge on any atom is -0.206 e. The van der Waals surface area contributed by atoms with Gasteiger partial charge in [0.1, 0.15) is 5.82 Å². The lowest BCUT2D eigenvalue weighted by Gasteiger charge is -2.06. The first kappa shape index (κ1) is 20.7. The molecular weight excluding hydrogens is 359 g/mol. The van der Waals surface area contributed by atoms with Crippen LogP contribution in [0, 0.1) is 5.82 Å². The average molecular weight is 387 g/mol. The Morgan fingerprint density at radius 2 is 1.38 bits per heavy atom. The molecule has 29 heavy (non-hydrogen) atoms. The van der Waals surface area contributed by atoms with Crippen molar-refractivity contribution in [2.45, 2.75) is 39.5 Å². The highest BCUT2D eigenvalue weighted by molar-refractivity contribution is 5.83. The van der Waals surface area contributed by atoms with Crippen molar-refractivity contribution in [3.05, 3.63) is 94.8 Å². The first-order valence-electron chi connectivity index (χ1n) is 10.2. The van der Waals surface area contributed by atoms with Gasteiger partial charge in [-0.1, -0.05) is 80.9 Å². The third-order valence-corrected chi connectivity index (χ3v) is 4.95. The van der Waals surface area contributed by atoms with Gasteiger partial charge >= 0.3 is 0 Å². The molecule has 0 fully saturated rings. The molecule has 0 heterocycles. The third-order valence-electron chi connectivity index (χ3n) is 4.95. The highest BCUT2D eigenvalue weighted by Gasteiger charge is 2.06. The van der Waals surface area contributed by atoms with Gasteiger partial charge in [0, 0.05) is 5.56 Å². The highest BCUT2D eigenvalue weighted by atomic mass is 19.1. The molecule has 0 aliphatic heterocycles. The molecule has 0 bridgehead atoms. The second-order valence-corrected chi connectivity index (χ2v) is 7.12. The summed E-state index contributed by atoms with van der Waals surface area (Å²) in [7, 11) is 0. The van der Waals surface area contributed by atoms with Crippen LogP contribution in [0.3, 0.4) is 0 Å². The smallest absolute Gasteiger partial charge is 0.131 e. The quantitative estimate of drug-likeness (QED) is 0.299. The van der Waals surface area contributed by atoms with E-state index in [4.69, 9.17) is 0 Å². The van der Waals surface area contributed by atoms with E-state index in [-0.39, 0.29) is 5.82 Å². The summed E-state index contributed by atoms with van der Waals surface area (Å²) in [6.45, 7) is 4.31. The van der Waals surface area contributed by atoms with E-state index in [0.717, 1.165) is 24.0 Å². The first-order valence-corrected chi connectivity index (χ1v) is 10.2. The molecule has 0 aliphatic carbocycles. The average Bonchev–Trinajstić information content (AvgIpc) is 2.76. The standard InChI is InChI=1S/C26H27FN2/c1-3-5-6-21-11-14-24(15-12-21)25-16-13-23(17-26(25)27)19-29-28-18-22-9-7-20(4-2)8-10-22/h7-19H,3-6H2,1-2H3. The number of benzene rings is 3. The van der Waals surface area contributed by atoms with Gasteiger partial charge in [-0.15, -0.1) is 0 Å². The predicted octanol–water partition coefficient (Wildman–Crippen LogP) is 6.85. The van der Waals surface area contributed by atoms with Crippen molar-refractivity contribution in [3.63, 3.8) is 0 Å². The van der Waals surface area contributed by atoms with Crippen LogP contribution in [0.4, 0.5) is 4.39 Å². The maximum Gasteiger partial charge on any atom is 0.131 e. The molecule has 3 aromatic rings. The highest BCUT2D eigenvalue weighted by Crippen LogP contribution is 2.24. The maximum atomic E-state index is 14.6. The number of rotatable bonds is 8. The van der Waals surface area contributed by atoms with Crippen molar-refractivity contribution in [2.75, 3.05) is 0 Å². The van der Waals surface area contributed by atoms with Crippen LogP contribution in [0.5, 0.6) is 0 Å². The van der Waals surface area contributed by atoms with E-state index in [9.17, 15) is 4.39 Å². The second kappa shape index (κ2) is 10.5. The fourth-order valence-corrected chi connectivity index (χ4v) is 3.12. The predicted molar refractivity (Wildman–Crippen MR) is 121 cm³/mol. The summed E-state index contributed by atoms with van der Waals surface area (Å²) >= 11 is 0. The molecule has 0 spiro atoms. The monoisotopic (exact) mass is 386 g/mol. The topological polar surface area (TPSA) is 24.7 Å². The van der Waals surface area contributed by atoms with Crippen LogP contribution < -0.4 is 0 Å². The Hall–Kier alpha value is -3.07. The molecule has 2 nitrogen and oxygen atoms in total. The van der Waals surface area contributed by atoms with Gasteiger partial charge in [0.25, 0.3) is 0 Å². The molecule has 0 unspecified atom stereocenters. The minimum absolute atomic E-state index is 0.255. The summed E-state index contributed by atoms with van der Waals surface area (Å²) in [6.07, 6.45) is 7.69. The minimum atomic E-state index is -0.255. The molecule has 148 valence electrons. The Morgan fingerprint density at radius 1 is 0.759 bits per heavy atom. The van der Waals surface area contributed by atoms with E-state index in [1.807, 2.05) is 30.3 Å². The lowest BCUT2D eigenvalue weighted by atomic mass is 10.0. The molecule has 0 atom stereocenters. The SMILES string of the molecule is CCCCc1ccc(-c2ccc(C=NN=Cc3ccc(CC)cc3)cc2F)cc1. The van der Waals surface area contributed by atoms with E-state index in [2.05, 4.69) is 48.3 Å². The number of hydrogen-bond donors (Lipinski definition) is 0. The lowest BCUT2D eigenvalue weighted by Crippen LogP contribution is -1.90. The van der Waals surface area contributed by atoms with E-state index < -0.39 is 0 Å². The largest absolute Gasteiger partial charge is 0.206 e. The van der Waals surface area contributed by atoms with Gasteiger partial charge in [-0.05, 0) is 53.1 Å². The number of aryl methyl sites for hydroxylation is 2. The summed E-state index contributed by atoms with van der Waals surface area (Å²) in [4.78, 5) is 0. The molecule has 0 aliphatic rings. The molecule has 3 rings (SSSR count). The van der Waals surface area contributed by atoms with Gasteiger partial charge in [-0.3, -0.25) is 0 Å². The van der Waals surface area contributed by atoms with Crippen molar-refractivity contribution in [1.82, 2.24) is 0 Å². The van der Waals surface area contributed by atoms with Gasteiger partial charge in [-0.25, -0.2) is 4.39 Å². The lowest BCUT2D eigenvalue weighted by molar-refractivity contribution is 0.631.